The smallest absolute Gasteiger partial charge is 0.171 e. The summed E-state index contributed by atoms with van der Waals surface area (Å²) >= 11 is 4.67. The molecular formula is C7H6ClOS. The first-order valence-corrected chi connectivity index (χ1v) is 4.65. The standard InChI is InChI=1S/C7H6ClOS/c1-10(9)7-5-3-2-4-6(7)8/h2-3,5H,1H3. The average molecular weight is 174 g/mol. The van der Waals surface area contributed by atoms with E-state index in [2.05, 4.69) is 6.07 Å². The molecule has 1 radical (unpaired) electrons. The molecule has 0 aliphatic rings. The van der Waals surface area contributed by atoms with Crippen LogP contribution in [0.25, 0.3) is 0 Å². The molecule has 0 amide bonds. The van der Waals surface area contributed by atoms with Gasteiger partial charge in [-0.05, 0) is 17.2 Å². The molecule has 1 atom stereocenters. The Labute approximate surface area is 68.2 Å². The Hall–Kier alpha value is -0.180. The summed E-state index contributed by atoms with van der Waals surface area (Å²) in [6.07, 6.45) is 1.59. The van der Waals surface area contributed by atoms with E-state index in [4.69, 9.17) is 11.6 Å². The fourth-order valence-electron chi connectivity index (χ4n) is 0.623. The van der Waals surface area contributed by atoms with Crippen molar-refractivity contribution in [1.82, 2.24) is 0 Å². The first-order valence-electron chi connectivity index (χ1n) is 2.71. The predicted octanol–water partition coefficient (Wildman–Crippen LogP) is 1.88. The maximum Gasteiger partial charge on any atom is 0.171 e. The normalized spacial score (nSPS) is 13.1. The van der Waals surface area contributed by atoms with E-state index < -0.39 is 11.2 Å². The summed E-state index contributed by atoms with van der Waals surface area (Å²) < 4.78 is 10.9. The summed E-state index contributed by atoms with van der Waals surface area (Å²) in [5, 5.41) is 0.448. The number of benzene rings is 1. The Bertz CT molecular complexity index is 225. The van der Waals surface area contributed by atoms with Gasteiger partial charge in [-0.1, -0.05) is 23.7 Å². The van der Waals surface area contributed by atoms with Crippen molar-refractivity contribution in [2.45, 2.75) is 4.90 Å². The molecule has 0 aliphatic heterocycles. The molecule has 1 nitrogen and oxygen atoms in total. The first kappa shape index (κ1) is 7.92. The molecule has 1 aromatic rings. The van der Waals surface area contributed by atoms with Crippen LogP contribution in [-0.4, -0.2) is 10.8 Å². The number of hydrogen-bond acceptors (Lipinski definition) is 1. The van der Waals surface area contributed by atoms with E-state index in [-0.39, 0.29) is 0 Å². The van der Waals surface area contributed by atoms with E-state index in [1.165, 1.54) is 0 Å². The molecule has 1 unspecified atom stereocenters. The van der Waals surface area contributed by atoms with Gasteiger partial charge in [0.2, 0.25) is 0 Å². The fourth-order valence-corrected chi connectivity index (χ4v) is 1.66. The van der Waals surface area contributed by atoms with Crippen LogP contribution in [0.2, 0.25) is 5.02 Å². The van der Waals surface area contributed by atoms with Gasteiger partial charge in [0, 0.05) is 6.07 Å². The summed E-state index contributed by atoms with van der Waals surface area (Å²) in [6, 6.07) is 7.94. The van der Waals surface area contributed by atoms with Gasteiger partial charge >= 0.3 is 0 Å². The van der Waals surface area contributed by atoms with Gasteiger partial charge < -0.3 is 4.55 Å². The second-order valence-electron chi connectivity index (χ2n) is 1.80. The topological polar surface area (TPSA) is 23.1 Å². The van der Waals surface area contributed by atoms with Gasteiger partial charge in [0.25, 0.3) is 0 Å². The van der Waals surface area contributed by atoms with Crippen LogP contribution in [0.3, 0.4) is 0 Å². The summed E-state index contributed by atoms with van der Waals surface area (Å²) in [7, 11) is 0. The number of halogens is 1. The third kappa shape index (κ3) is 1.66. The molecule has 0 aliphatic carbocycles. The molecule has 0 fully saturated rings. The van der Waals surface area contributed by atoms with Crippen molar-refractivity contribution in [2.75, 3.05) is 6.26 Å². The molecule has 53 valence electrons. The van der Waals surface area contributed by atoms with E-state index >= 15 is 0 Å². The van der Waals surface area contributed by atoms with Crippen LogP contribution in [-0.2, 0) is 11.2 Å². The molecule has 0 bridgehead atoms. The zero-order valence-electron chi connectivity index (χ0n) is 5.43. The molecule has 3 heteroatoms. The lowest BCUT2D eigenvalue weighted by Gasteiger charge is -2.03. The molecule has 10 heavy (non-hydrogen) atoms. The van der Waals surface area contributed by atoms with Crippen molar-refractivity contribution in [1.29, 1.82) is 0 Å². The molecule has 0 N–H and O–H groups in total. The third-order valence-corrected chi connectivity index (χ3v) is 2.46. The van der Waals surface area contributed by atoms with Crippen molar-refractivity contribution in [3.8, 4) is 0 Å². The molecular weight excluding hydrogens is 168 g/mol. The van der Waals surface area contributed by atoms with Crippen molar-refractivity contribution >= 4 is 22.8 Å². The monoisotopic (exact) mass is 173 g/mol. The molecule has 0 spiro atoms. The Morgan fingerprint density at radius 3 is 2.80 bits per heavy atom. The summed E-state index contributed by atoms with van der Waals surface area (Å²) in [5.41, 5.74) is 0. The van der Waals surface area contributed by atoms with Gasteiger partial charge in [-0.2, -0.15) is 0 Å². The van der Waals surface area contributed by atoms with Crippen LogP contribution in [0.1, 0.15) is 0 Å². The van der Waals surface area contributed by atoms with Crippen LogP contribution in [0.15, 0.2) is 23.1 Å². The molecule has 1 rings (SSSR count). The van der Waals surface area contributed by atoms with Crippen molar-refractivity contribution in [3.05, 3.63) is 29.3 Å². The minimum absolute atomic E-state index is 0.448. The summed E-state index contributed by atoms with van der Waals surface area (Å²) in [6.45, 7) is 0. The van der Waals surface area contributed by atoms with E-state index in [0.717, 1.165) is 0 Å². The first-order chi connectivity index (χ1) is 4.72. The largest absolute Gasteiger partial charge is 0.612 e. The lowest BCUT2D eigenvalue weighted by Crippen LogP contribution is -1.97. The maximum atomic E-state index is 10.9. The molecule has 1 aromatic carbocycles. The zero-order chi connectivity index (χ0) is 7.56. The highest BCUT2D eigenvalue weighted by atomic mass is 35.5. The van der Waals surface area contributed by atoms with Gasteiger partial charge in [0.15, 0.2) is 4.90 Å². The zero-order valence-corrected chi connectivity index (χ0v) is 7.00. The SMILES string of the molecule is C[S+]([O-])c1ccc[c]c1Cl. The summed E-state index contributed by atoms with van der Waals surface area (Å²) in [4.78, 5) is 0.643. The highest BCUT2D eigenvalue weighted by Gasteiger charge is 2.07. The Kier molecular flexibility index (Phi) is 2.60. The van der Waals surface area contributed by atoms with E-state index in [1.807, 2.05) is 0 Å². The number of rotatable bonds is 1. The molecule has 0 saturated carbocycles. The van der Waals surface area contributed by atoms with Crippen LogP contribution in [0.5, 0.6) is 0 Å². The second-order valence-corrected chi connectivity index (χ2v) is 3.53. The molecule has 0 aromatic heterocycles. The van der Waals surface area contributed by atoms with Gasteiger partial charge in [-0.3, -0.25) is 0 Å². The minimum atomic E-state index is -1.00. The van der Waals surface area contributed by atoms with Crippen LogP contribution >= 0.6 is 11.6 Å². The van der Waals surface area contributed by atoms with Crippen molar-refractivity contribution in [2.24, 2.45) is 0 Å². The van der Waals surface area contributed by atoms with E-state index in [9.17, 15) is 4.55 Å². The Morgan fingerprint density at radius 1 is 1.70 bits per heavy atom. The maximum absolute atomic E-state index is 10.9. The minimum Gasteiger partial charge on any atom is -0.612 e. The van der Waals surface area contributed by atoms with Crippen LogP contribution in [0, 0.1) is 6.07 Å². The molecule has 0 heterocycles. The van der Waals surface area contributed by atoms with Gasteiger partial charge in [-0.25, -0.2) is 0 Å². The predicted molar refractivity (Wildman–Crippen MR) is 42.6 cm³/mol. The Balaban J connectivity index is 3.03. The van der Waals surface area contributed by atoms with Crippen LogP contribution < -0.4 is 0 Å². The highest BCUT2D eigenvalue weighted by molar-refractivity contribution is 7.90. The van der Waals surface area contributed by atoms with Gasteiger partial charge in [0.1, 0.15) is 11.3 Å². The van der Waals surface area contributed by atoms with Gasteiger partial charge in [0.05, 0.1) is 0 Å². The molecule has 0 saturated heterocycles. The lowest BCUT2D eigenvalue weighted by molar-refractivity contribution is 0.601. The van der Waals surface area contributed by atoms with Crippen molar-refractivity contribution < 1.29 is 4.55 Å². The van der Waals surface area contributed by atoms with E-state index in [1.54, 1.807) is 24.5 Å². The average Bonchev–Trinajstić information content (AvgIpc) is 1.88. The third-order valence-electron chi connectivity index (χ3n) is 1.08. The quantitative estimate of drug-likeness (QED) is 0.595. The second kappa shape index (κ2) is 3.28. The Morgan fingerprint density at radius 2 is 2.40 bits per heavy atom. The highest BCUT2D eigenvalue weighted by Crippen LogP contribution is 2.18. The fraction of sp³-hybridized carbons (Fsp3) is 0.143. The van der Waals surface area contributed by atoms with Crippen molar-refractivity contribution in [3.63, 3.8) is 0 Å². The van der Waals surface area contributed by atoms with Gasteiger partial charge in [-0.15, -0.1) is 0 Å². The number of hydrogen-bond donors (Lipinski definition) is 0. The summed E-state index contributed by atoms with van der Waals surface area (Å²) in [5.74, 6) is 0. The lowest BCUT2D eigenvalue weighted by atomic mass is 10.4. The van der Waals surface area contributed by atoms with Crippen LogP contribution in [0.4, 0.5) is 0 Å². The van der Waals surface area contributed by atoms with E-state index in [0.29, 0.717) is 9.92 Å².